The van der Waals surface area contributed by atoms with Crippen molar-refractivity contribution in [3.63, 3.8) is 0 Å². The fourth-order valence-corrected chi connectivity index (χ4v) is 9.93. The first-order valence-corrected chi connectivity index (χ1v) is 17.4. The fraction of sp³-hybridized carbons (Fsp3) is 0.618. The van der Waals surface area contributed by atoms with Crippen molar-refractivity contribution in [3.8, 4) is 5.75 Å². The van der Waals surface area contributed by atoms with Crippen molar-refractivity contribution in [2.45, 2.75) is 89.8 Å². The zero-order valence-corrected chi connectivity index (χ0v) is 27.4. The van der Waals surface area contributed by atoms with E-state index in [0.29, 0.717) is 61.6 Å². The third-order valence-corrected chi connectivity index (χ3v) is 12.4. The van der Waals surface area contributed by atoms with Gasteiger partial charge in [0.05, 0.1) is 30.6 Å². The minimum absolute atomic E-state index is 0.00881. The lowest BCUT2D eigenvalue weighted by Gasteiger charge is -2.73. The van der Waals surface area contributed by atoms with Gasteiger partial charge in [0.2, 0.25) is 11.3 Å². The number of piperazine rings is 1. The molecule has 0 radical (unpaired) electrons. The molecule has 3 atom stereocenters. The number of hydrogen-bond donors (Lipinski definition) is 2. The molecule has 2 amide bonds. The SMILES string of the molecule is CCc1c(N2CCN(C(=O)c3ncnc(C)c3O)[C@H]3CC[C@@H]32)c(=O)c2nn(C3=CCOCC3)nc2n1C(C(N)=O)C12CC(C3CC3)(C1)C2. The molecule has 14 nitrogen and oxygen atoms in total. The molecule has 2 bridgehead atoms. The van der Waals surface area contributed by atoms with Gasteiger partial charge < -0.3 is 29.9 Å². The first-order valence-electron chi connectivity index (χ1n) is 17.4. The number of amides is 2. The second-order valence-electron chi connectivity index (χ2n) is 14.9. The second kappa shape index (κ2) is 10.3. The summed E-state index contributed by atoms with van der Waals surface area (Å²) in [5, 5.41) is 20.3. The number of ether oxygens (including phenoxy) is 1. The molecule has 48 heavy (non-hydrogen) atoms. The van der Waals surface area contributed by atoms with Gasteiger partial charge in [0.1, 0.15) is 18.1 Å². The topological polar surface area (TPSA) is 175 Å². The summed E-state index contributed by atoms with van der Waals surface area (Å²) in [6.45, 7) is 5.37. The molecular weight excluding hydrogens is 614 g/mol. The number of fused-ring (bicyclic) bond motifs is 2. The van der Waals surface area contributed by atoms with Crippen LogP contribution in [0, 0.1) is 23.7 Å². The maximum atomic E-state index is 14.7. The first-order chi connectivity index (χ1) is 23.2. The lowest BCUT2D eigenvalue weighted by atomic mass is 9.31. The van der Waals surface area contributed by atoms with Crippen molar-refractivity contribution in [1.82, 2.24) is 34.4 Å². The van der Waals surface area contributed by atoms with E-state index in [4.69, 9.17) is 20.7 Å². The number of rotatable bonds is 8. The standard InChI is InChI=1S/C34H41N9O5/c1-3-21-26(40-10-11-41(23-7-6-22(23)40)32(47)25-27(44)18(2)36-17-37-25)28(45)24-31(39-43(38-24)20-8-12-48-13-9-20)42(21)29(30(35)46)34-14-33(15-34,16-34)19-4-5-19/h8,17,19,22-23,29,44H,3-7,9-16H2,1-2H3,(H2,35,46)/t22-,23-,29?,33?,34?/m0/s1. The largest absolute Gasteiger partial charge is 0.504 e. The number of aromatic nitrogens is 6. The lowest BCUT2D eigenvalue weighted by Crippen LogP contribution is -2.68. The van der Waals surface area contributed by atoms with Gasteiger partial charge in [0, 0.05) is 36.7 Å². The summed E-state index contributed by atoms with van der Waals surface area (Å²) in [4.78, 5) is 55.5. The predicted molar refractivity (Wildman–Crippen MR) is 174 cm³/mol. The summed E-state index contributed by atoms with van der Waals surface area (Å²) in [6.07, 6.45) is 11.3. The highest BCUT2D eigenvalue weighted by Crippen LogP contribution is 2.82. The molecule has 10 rings (SSSR count). The minimum Gasteiger partial charge on any atom is -0.504 e. The molecule has 3 N–H and O–H groups in total. The molecule has 252 valence electrons. The molecular formula is C34H41N9O5. The highest BCUT2D eigenvalue weighted by Gasteiger charge is 2.75. The van der Waals surface area contributed by atoms with Crippen molar-refractivity contribution < 1.29 is 19.4 Å². The number of carbonyl (C=O) groups excluding carboxylic acids is 2. The highest BCUT2D eigenvalue weighted by atomic mass is 16.5. The number of carbonyl (C=O) groups is 2. The van der Waals surface area contributed by atoms with Crippen LogP contribution in [0.15, 0.2) is 17.2 Å². The summed E-state index contributed by atoms with van der Waals surface area (Å²) >= 11 is 0. The Labute approximate surface area is 276 Å². The van der Waals surface area contributed by atoms with E-state index in [1.807, 2.05) is 17.6 Å². The van der Waals surface area contributed by atoms with E-state index in [0.717, 1.165) is 49.4 Å². The van der Waals surface area contributed by atoms with Crippen molar-refractivity contribution in [2.24, 2.45) is 22.5 Å². The maximum Gasteiger partial charge on any atom is 0.276 e. The van der Waals surface area contributed by atoms with Gasteiger partial charge in [-0.3, -0.25) is 14.4 Å². The number of aryl methyl sites for hydroxylation is 1. The van der Waals surface area contributed by atoms with Crippen molar-refractivity contribution in [3.05, 3.63) is 39.7 Å². The zero-order valence-electron chi connectivity index (χ0n) is 27.4. The van der Waals surface area contributed by atoms with Gasteiger partial charge in [-0.15, -0.1) is 10.2 Å². The Morgan fingerprint density at radius 3 is 2.52 bits per heavy atom. The van der Waals surface area contributed by atoms with Crippen LogP contribution in [0.3, 0.4) is 0 Å². The molecule has 0 spiro atoms. The minimum atomic E-state index is -0.646. The number of aromatic hydroxyl groups is 1. The van der Waals surface area contributed by atoms with E-state index in [2.05, 4.69) is 14.9 Å². The van der Waals surface area contributed by atoms with Crippen LogP contribution >= 0.6 is 0 Å². The van der Waals surface area contributed by atoms with Crippen LogP contribution in [0.4, 0.5) is 5.69 Å². The van der Waals surface area contributed by atoms with E-state index in [1.165, 1.54) is 19.2 Å². The van der Waals surface area contributed by atoms with Crippen LogP contribution in [-0.4, -0.2) is 89.7 Å². The molecule has 7 aliphatic rings. The van der Waals surface area contributed by atoms with E-state index < -0.39 is 11.9 Å². The zero-order chi connectivity index (χ0) is 33.1. The number of nitrogens with zero attached hydrogens (tertiary/aromatic N) is 8. The monoisotopic (exact) mass is 655 g/mol. The third kappa shape index (κ3) is 4.04. The second-order valence-corrected chi connectivity index (χ2v) is 14.9. The summed E-state index contributed by atoms with van der Waals surface area (Å²) in [5.41, 5.74) is 9.28. The van der Waals surface area contributed by atoms with Crippen LogP contribution in [0.2, 0.25) is 0 Å². The average molecular weight is 656 g/mol. The van der Waals surface area contributed by atoms with E-state index in [1.54, 1.807) is 16.6 Å². The maximum absolute atomic E-state index is 14.7. The van der Waals surface area contributed by atoms with Crippen LogP contribution in [0.5, 0.6) is 5.75 Å². The highest BCUT2D eigenvalue weighted by molar-refractivity contribution is 5.95. The van der Waals surface area contributed by atoms with E-state index in [-0.39, 0.29) is 45.8 Å². The Kier molecular flexibility index (Phi) is 6.41. The average Bonchev–Trinajstić information content (AvgIpc) is 3.76. The van der Waals surface area contributed by atoms with Gasteiger partial charge in [-0.25, -0.2) is 9.97 Å². The predicted octanol–water partition coefficient (Wildman–Crippen LogP) is 2.32. The molecule has 6 fully saturated rings. The number of primary amides is 1. The molecule has 5 heterocycles. The van der Waals surface area contributed by atoms with Gasteiger partial charge in [-0.2, -0.15) is 4.80 Å². The molecule has 5 aliphatic carbocycles. The summed E-state index contributed by atoms with van der Waals surface area (Å²) in [6, 6.07) is -0.932. The number of pyridine rings is 1. The molecule has 1 unspecified atom stereocenters. The van der Waals surface area contributed by atoms with Gasteiger partial charge in [0.25, 0.3) is 5.91 Å². The molecule has 2 aliphatic heterocycles. The lowest BCUT2D eigenvalue weighted by molar-refractivity contribution is -0.239. The van der Waals surface area contributed by atoms with Crippen molar-refractivity contribution in [1.29, 1.82) is 0 Å². The Hall–Kier alpha value is -4.33. The number of nitrogens with two attached hydrogens (primary N) is 1. The normalized spacial score (nSPS) is 29.8. The molecule has 5 saturated carbocycles. The Bertz CT molecular complexity index is 1960. The van der Waals surface area contributed by atoms with Gasteiger partial charge in [0.15, 0.2) is 22.6 Å². The van der Waals surface area contributed by atoms with Gasteiger partial charge in [-0.1, -0.05) is 6.92 Å². The molecule has 3 aromatic rings. The Balaban J connectivity index is 1.16. The first kappa shape index (κ1) is 29.8. The van der Waals surface area contributed by atoms with Crippen molar-refractivity contribution >= 4 is 34.4 Å². The van der Waals surface area contributed by atoms with Crippen LogP contribution in [0.1, 0.15) is 86.2 Å². The molecule has 3 aromatic heterocycles. The summed E-state index contributed by atoms with van der Waals surface area (Å²) in [7, 11) is 0. The Morgan fingerprint density at radius 2 is 1.88 bits per heavy atom. The van der Waals surface area contributed by atoms with E-state index in [9.17, 15) is 19.5 Å². The number of hydrogen-bond acceptors (Lipinski definition) is 10. The quantitative estimate of drug-likeness (QED) is 0.367. The smallest absolute Gasteiger partial charge is 0.276 e. The van der Waals surface area contributed by atoms with Crippen LogP contribution in [-0.2, 0) is 16.0 Å². The van der Waals surface area contributed by atoms with Crippen molar-refractivity contribution in [2.75, 3.05) is 31.2 Å². The third-order valence-electron chi connectivity index (χ3n) is 12.4. The Morgan fingerprint density at radius 1 is 1.10 bits per heavy atom. The molecule has 14 heteroatoms. The summed E-state index contributed by atoms with van der Waals surface area (Å²) in [5.74, 6) is -0.195. The molecule has 0 aromatic carbocycles. The van der Waals surface area contributed by atoms with E-state index >= 15 is 0 Å². The number of anilines is 1. The van der Waals surface area contributed by atoms with Gasteiger partial charge >= 0.3 is 0 Å². The fourth-order valence-electron chi connectivity index (χ4n) is 9.93. The van der Waals surface area contributed by atoms with Crippen LogP contribution < -0.4 is 16.1 Å². The molecule has 1 saturated heterocycles. The van der Waals surface area contributed by atoms with Crippen LogP contribution in [0.25, 0.3) is 16.9 Å². The van der Waals surface area contributed by atoms with Gasteiger partial charge in [-0.05, 0) is 75.7 Å². The summed E-state index contributed by atoms with van der Waals surface area (Å²) < 4.78 is 7.51.